The zero-order valence-electron chi connectivity index (χ0n) is 7.82. The first-order valence-electron chi connectivity index (χ1n) is 4.27. The van der Waals surface area contributed by atoms with E-state index in [0.717, 1.165) is 0 Å². The van der Waals surface area contributed by atoms with Crippen molar-refractivity contribution in [3.8, 4) is 0 Å². The van der Waals surface area contributed by atoms with Crippen molar-refractivity contribution < 1.29 is 9.59 Å². The number of allylic oxidation sites excluding steroid dienone is 2. The minimum atomic E-state index is -1.17. The van der Waals surface area contributed by atoms with E-state index in [1.807, 2.05) is 6.08 Å². The number of hydrogen-bond donors (Lipinski definition) is 0. The molecule has 0 saturated carbocycles. The van der Waals surface area contributed by atoms with Crippen molar-refractivity contribution in [2.24, 2.45) is 0 Å². The molecular weight excluding hydrogens is 622 g/mol. The molecule has 1 fully saturated rings. The lowest BCUT2D eigenvalue weighted by molar-refractivity contribution is -0.137. The van der Waals surface area contributed by atoms with Crippen LogP contribution < -0.4 is 0 Å². The average Bonchev–Trinajstić information content (AvgIpc) is 2.39. The fraction of sp³-hybridized carbons (Fsp3) is 0.500. The van der Waals surface area contributed by atoms with E-state index in [-0.39, 0.29) is 0 Å². The fourth-order valence-corrected chi connectivity index (χ4v) is 5.92. The van der Waals surface area contributed by atoms with Crippen molar-refractivity contribution in [2.45, 2.75) is 17.2 Å². The molecule has 0 bridgehead atoms. The molecule has 0 aromatic heterocycles. The van der Waals surface area contributed by atoms with Crippen LogP contribution in [-0.2, 0) is 9.59 Å². The molecule has 1 atom stereocenters. The third-order valence-electron chi connectivity index (χ3n) is 2.69. The highest BCUT2D eigenvalue weighted by molar-refractivity contribution is 9.31. The summed E-state index contributed by atoms with van der Waals surface area (Å²) in [5, 5.41) is 0. The standard InChI is InChI=1S/C8H3Br6NO2/c9-6(10)2-1-3-7(11,8(6,12)13)4(16)5(17)15(3)14/h1H,2H2. The van der Waals surface area contributed by atoms with Gasteiger partial charge in [0.15, 0.2) is 4.32 Å². The van der Waals surface area contributed by atoms with E-state index in [0.29, 0.717) is 12.1 Å². The molecule has 1 saturated heterocycles. The van der Waals surface area contributed by atoms with Crippen LogP contribution in [0.2, 0.25) is 0 Å². The van der Waals surface area contributed by atoms with Crippen molar-refractivity contribution in [1.82, 2.24) is 3.93 Å². The maximum Gasteiger partial charge on any atom is 0.306 e. The molecule has 9 heteroatoms. The van der Waals surface area contributed by atoms with Gasteiger partial charge in [-0.05, 0) is 6.42 Å². The molecular formula is C8H3Br6NO2. The Bertz CT molecular complexity index is 459. The van der Waals surface area contributed by atoms with E-state index in [1.54, 1.807) is 0 Å². The molecule has 0 radical (unpaired) electrons. The van der Waals surface area contributed by atoms with Crippen LogP contribution >= 0.6 is 95.8 Å². The van der Waals surface area contributed by atoms with Crippen molar-refractivity contribution in [3.05, 3.63) is 11.8 Å². The van der Waals surface area contributed by atoms with E-state index in [9.17, 15) is 9.59 Å². The Kier molecular flexibility index (Phi) is 3.90. The van der Waals surface area contributed by atoms with Crippen molar-refractivity contribution in [3.63, 3.8) is 0 Å². The van der Waals surface area contributed by atoms with Crippen LogP contribution in [0.5, 0.6) is 0 Å². The normalized spacial score (nSPS) is 34.7. The zero-order chi connectivity index (χ0) is 13.2. The van der Waals surface area contributed by atoms with Gasteiger partial charge >= 0.3 is 5.91 Å². The summed E-state index contributed by atoms with van der Waals surface area (Å²) in [6, 6.07) is 0. The summed E-state index contributed by atoms with van der Waals surface area (Å²) in [5.41, 5.74) is 0.566. The molecule has 3 nitrogen and oxygen atoms in total. The summed E-state index contributed by atoms with van der Waals surface area (Å²) in [6.45, 7) is 0. The lowest BCUT2D eigenvalue weighted by atomic mass is 9.91. The number of carbonyl (C=O) groups is 2. The van der Waals surface area contributed by atoms with Gasteiger partial charge in [0, 0.05) is 0 Å². The SMILES string of the molecule is O=C1C(=O)C2(Br)C(=CCC(Br)(Br)C2(Br)Br)N1Br. The highest BCUT2D eigenvalue weighted by Gasteiger charge is 2.71. The lowest BCUT2D eigenvalue weighted by Gasteiger charge is -2.46. The Morgan fingerprint density at radius 3 is 2.18 bits per heavy atom. The quantitative estimate of drug-likeness (QED) is 0.232. The smallest absolute Gasteiger partial charge is 0.286 e. The number of halogens is 6. The predicted molar refractivity (Wildman–Crippen MR) is 86.3 cm³/mol. The summed E-state index contributed by atoms with van der Waals surface area (Å²) in [6.07, 6.45) is 2.39. The first-order chi connectivity index (χ1) is 7.57. The minimum Gasteiger partial charge on any atom is -0.286 e. The summed E-state index contributed by atoms with van der Waals surface area (Å²) in [4.78, 5) is 23.9. The van der Waals surface area contributed by atoms with Gasteiger partial charge in [0.2, 0.25) is 5.78 Å². The molecule has 1 amide bonds. The van der Waals surface area contributed by atoms with E-state index in [1.165, 1.54) is 3.93 Å². The third-order valence-corrected chi connectivity index (χ3v) is 12.3. The van der Waals surface area contributed by atoms with Crippen LogP contribution in [0.1, 0.15) is 6.42 Å². The van der Waals surface area contributed by atoms with Crippen LogP contribution in [-0.4, -0.2) is 26.4 Å². The zero-order valence-corrected chi connectivity index (χ0v) is 17.3. The summed E-state index contributed by atoms with van der Waals surface area (Å²) < 4.78 is -1.48. The van der Waals surface area contributed by atoms with Gasteiger partial charge in [0.25, 0.3) is 0 Å². The molecule has 0 aromatic rings. The van der Waals surface area contributed by atoms with Crippen molar-refractivity contribution >= 4 is 107 Å². The van der Waals surface area contributed by atoms with Gasteiger partial charge in [-0.15, -0.1) is 0 Å². The largest absolute Gasteiger partial charge is 0.306 e. The van der Waals surface area contributed by atoms with E-state index >= 15 is 0 Å². The second kappa shape index (κ2) is 4.38. The van der Waals surface area contributed by atoms with E-state index < -0.39 is 22.5 Å². The van der Waals surface area contributed by atoms with Crippen LogP contribution in [0.3, 0.4) is 0 Å². The van der Waals surface area contributed by atoms with Gasteiger partial charge in [0.1, 0.15) is 6.47 Å². The Balaban J connectivity index is 2.70. The van der Waals surface area contributed by atoms with Gasteiger partial charge in [-0.2, -0.15) is 0 Å². The minimum absolute atomic E-state index is 0.544. The molecule has 0 N–H and O–H groups in total. The van der Waals surface area contributed by atoms with Gasteiger partial charge < -0.3 is 0 Å². The number of Topliss-reactive ketones (excluding diaryl/α,β-unsaturated/α-hetero) is 1. The van der Waals surface area contributed by atoms with Gasteiger partial charge in [-0.1, -0.05) is 85.7 Å². The summed E-state index contributed by atoms with van der Waals surface area (Å²) >= 11 is 20.5. The van der Waals surface area contributed by atoms with Gasteiger partial charge in [0.05, 0.1) is 21.8 Å². The molecule has 1 aliphatic heterocycles. The van der Waals surface area contributed by atoms with Crippen LogP contribution in [0.15, 0.2) is 11.8 Å². The molecule has 1 heterocycles. The van der Waals surface area contributed by atoms with E-state index in [4.69, 9.17) is 0 Å². The number of carbonyl (C=O) groups excluding carboxylic acids is 2. The third kappa shape index (κ3) is 1.78. The molecule has 0 aromatic carbocycles. The average molecular weight is 625 g/mol. The van der Waals surface area contributed by atoms with Gasteiger partial charge in [-0.25, -0.2) is 3.93 Å². The second-order valence-corrected chi connectivity index (χ2v) is 12.8. The first-order valence-corrected chi connectivity index (χ1v) is 8.94. The molecule has 1 aliphatic carbocycles. The molecule has 94 valence electrons. The Labute approximate surface area is 148 Å². The monoisotopic (exact) mass is 619 g/mol. The Morgan fingerprint density at radius 2 is 1.65 bits per heavy atom. The number of fused-ring (bicyclic) bond motifs is 1. The van der Waals surface area contributed by atoms with E-state index in [2.05, 4.69) is 95.8 Å². The van der Waals surface area contributed by atoms with Crippen LogP contribution in [0.4, 0.5) is 0 Å². The first kappa shape index (κ1) is 15.2. The highest BCUT2D eigenvalue weighted by atomic mass is 79.9. The van der Waals surface area contributed by atoms with Crippen LogP contribution in [0.25, 0.3) is 0 Å². The molecule has 17 heavy (non-hydrogen) atoms. The molecule has 2 aliphatic rings. The lowest BCUT2D eigenvalue weighted by Crippen LogP contribution is -2.57. The maximum atomic E-state index is 12.2. The van der Waals surface area contributed by atoms with Crippen molar-refractivity contribution in [2.75, 3.05) is 0 Å². The molecule has 1 unspecified atom stereocenters. The molecule has 0 spiro atoms. The highest BCUT2D eigenvalue weighted by Crippen LogP contribution is 2.66. The predicted octanol–water partition coefficient (Wildman–Crippen LogP) is 4.10. The van der Waals surface area contributed by atoms with Gasteiger partial charge in [-0.3, -0.25) is 9.59 Å². The number of rotatable bonds is 0. The Hall–Kier alpha value is 1.76. The second-order valence-electron chi connectivity index (χ2n) is 3.65. The number of nitrogens with zero attached hydrogens (tertiary/aromatic N) is 1. The maximum absolute atomic E-state index is 12.2. The number of alkyl halides is 5. The number of amides is 1. The fourth-order valence-electron chi connectivity index (χ4n) is 1.73. The van der Waals surface area contributed by atoms with Crippen molar-refractivity contribution in [1.29, 1.82) is 0 Å². The molecule has 2 rings (SSSR count). The summed E-state index contributed by atoms with van der Waals surface area (Å²) in [7, 11) is 0. The number of ketones is 1. The summed E-state index contributed by atoms with van der Waals surface area (Å²) in [5.74, 6) is -1.15. The number of hydrogen-bond acceptors (Lipinski definition) is 2. The topological polar surface area (TPSA) is 37.4 Å². The van der Waals surface area contributed by atoms with Crippen LogP contribution in [0, 0.1) is 0 Å². The Morgan fingerprint density at radius 1 is 1.12 bits per heavy atom.